The first kappa shape index (κ1) is 17.6. The number of nitrogens with zero attached hydrogens (tertiary/aromatic N) is 7. The van der Waals surface area contributed by atoms with Crippen molar-refractivity contribution in [2.24, 2.45) is 0 Å². The number of hydrogen-bond donors (Lipinski definition) is 0. The Bertz CT molecular complexity index is 2080. The molecule has 8 rings (SSSR count). The SMILES string of the molecule is c1ccc2c(c1)ccn1c3nc[n+](-c4ccc5c(ccn6c7ncccc7nc56)c4)cc3nc21. The minimum absolute atomic E-state index is 0.844. The zero-order valence-electron chi connectivity index (χ0n) is 17.9. The molecular formula is C27H16N7+. The van der Waals surface area contributed by atoms with Crippen LogP contribution >= 0.6 is 0 Å². The minimum atomic E-state index is 0.844. The predicted molar refractivity (Wildman–Crippen MR) is 131 cm³/mol. The molecular weight excluding hydrogens is 422 g/mol. The lowest BCUT2D eigenvalue weighted by Crippen LogP contribution is -2.30. The lowest BCUT2D eigenvalue weighted by Gasteiger charge is -2.03. The Balaban J connectivity index is 1.32. The lowest BCUT2D eigenvalue weighted by atomic mass is 10.1. The summed E-state index contributed by atoms with van der Waals surface area (Å²) in [6.45, 7) is 0. The zero-order valence-corrected chi connectivity index (χ0v) is 17.9. The van der Waals surface area contributed by atoms with Crippen molar-refractivity contribution in [3.05, 3.63) is 97.8 Å². The van der Waals surface area contributed by atoms with Crippen molar-refractivity contribution in [2.45, 2.75) is 0 Å². The van der Waals surface area contributed by atoms with E-state index in [4.69, 9.17) is 15.0 Å². The van der Waals surface area contributed by atoms with Gasteiger partial charge in [0.25, 0.3) is 12.0 Å². The second kappa shape index (κ2) is 6.32. The lowest BCUT2D eigenvalue weighted by molar-refractivity contribution is -0.597. The molecule has 2 aromatic carbocycles. The van der Waals surface area contributed by atoms with E-state index in [9.17, 15) is 0 Å². The van der Waals surface area contributed by atoms with Gasteiger partial charge in [0.05, 0.1) is 0 Å². The Hall–Kier alpha value is -4.91. The Morgan fingerprint density at radius 1 is 0.618 bits per heavy atom. The van der Waals surface area contributed by atoms with Gasteiger partial charge in [-0.25, -0.2) is 19.5 Å². The van der Waals surface area contributed by atoms with Crippen LogP contribution in [0.2, 0.25) is 0 Å². The van der Waals surface area contributed by atoms with Crippen molar-refractivity contribution in [3.8, 4) is 5.69 Å². The van der Waals surface area contributed by atoms with Gasteiger partial charge in [0.15, 0.2) is 11.2 Å². The Kier molecular flexibility index (Phi) is 3.28. The van der Waals surface area contributed by atoms with Crippen LogP contribution in [0.3, 0.4) is 0 Å². The molecule has 0 saturated carbocycles. The van der Waals surface area contributed by atoms with E-state index in [1.165, 1.54) is 5.39 Å². The summed E-state index contributed by atoms with van der Waals surface area (Å²) in [5, 5.41) is 4.47. The van der Waals surface area contributed by atoms with E-state index in [-0.39, 0.29) is 0 Å². The first-order valence-corrected chi connectivity index (χ1v) is 11.1. The summed E-state index contributed by atoms with van der Waals surface area (Å²) in [7, 11) is 0. The third-order valence-electron chi connectivity index (χ3n) is 6.51. The smallest absolute Gasteiger partial charge is 0.284 e. The molecule has 0 aliphatic heterocycles. The largest absolute Gasteiger partial charge is 0.294 e. The van der Waals surface area contributed by atoms with E-state index in [1.54, 1.807) is 6.20 Å². The molecule has 0 N–H and O–H groups in total. The summed E-state index contributed by atoms with van der Waals surface area (Å²) in [6.07, 6.45) is 9.75. The molecule has 8 aromatic rings. The normalized spacial score (nSPS) is 12.1. The second-order valence-electron chi connectivity index (χ2n) is 8.44. The fourth-order valence-electron chi connectivity index (χ4n) is 4.88. The fraction of sp³-hybridized carbons (Fsp3) is 0. The summed E-state index contributed by atoms with van der Waals surface area (Å²) in [4.78, 5) is 19.0. The topological polar surface area (TPSA) is 64.3 Å². The highest BCUT2D eigenvalue weighted by Crippen LogP contribution is 2.25. The van der Waals surface area contributed by atoms with Gasteiger partial charge in [-0.1, -0.05) is 24.3 Å². The molecule has 7 nitrogen and oxygen atoms in total. The van der Waals surface area contributed by atoms with Crippen molar-refractivity contribution in [1.82, 2.24) is 28.7 Å². The average molecular weight is 438 g/mol. The molecule has 0 saturated heterocycles. The molecule has 0 aliphatic rings. The van der Waals surface area contributed by atoms with Gasteiger partial charge in [0.2, 0.25) is 0 Å². The highest BCUT2D eigenvalue weighted by molar-refractivity contribution is 5.98. The molecule has 6 heterocycles. The van der Waals surface area contributed by atoms with Crippen LogP contribution in [0.1, 0.15) is 0 Å². The summed E-state index contributed by atoms with van der Waals surface area (Å²) in [6, 6.07) is 22.8. The van der Waals surface area contributed by atoms with Crippen molar-refractivity contribution < 1.29 is 4.57 Å². The van der Waals surface area contributed by atoms with E-state index >= 15 is 0 Å². The van der Waals surface area contributed by atoms with Gasteiger partial charge < -0.3 is 0 Å². The number of benzene rings is 2. The van der Waals surface area contributed by atoms with Crippen LogP contribution in [0.5, 0.6) is 0 Å². The molecule has 0 aliphatic carbocycles. The minimum Gasteiger partial charge on any atom is -0.284 e. The summed E-state index contributed by atoms with van der Waals surface area (Å²) in [5.74, 6) is 0. The van der Waals surface area contributed by atoms with Crippen molar-refractivity contribution >= 4 is 55.2 Å². The first-order chi connectivity index (χ1) is 16.8. The van der Waals surface area contributed by atoms with Crippen molar-refractivity contribution in [2.75, 3.05) is 0 Å². The van der Waals surface area contributed by atoms with E-state index < -0.39 is 0 Å². The van der Waals surface area contributed by atoms with E-state index in [0.29, 0.717) is 0 Å². The quantitative estimate of drug-likeness (QED) is 0.350. The first-order valence-electron chi connectivity index (χ1n) is 11.1. The monoisotopic (exact) mass is 438 g/mol. The zero-order chi connectivity index (χ0) is 22.2. The third-order valence-corrected chi connectivity index (χ3v) is 6.51. The molecule has 158 valence electrons. The number of fused-ring (bicyclic) bond motifs is 10. The van der Waals surface area contributed by atoms with Gasteiger partial charge in [0.1, 0.15) is 28.7 Å². The van der Waals surface area contributed by atoms with Gasteiger partial charge in [0, 0.05) is 29.4 Å². The van der Waals surface area contributed by atoms with Crippen LogP contribution in [0, 0.1) is 0 Å². The van der Waals surface area contributed by atoms with Gasteiger partial charge in [-0.3, -0.25) is 8.80 Å². The molecule has 0 amide bonds. The molecule has 0 fully saturated rings. The van der Waals surface area contributed by atoms with Crippen molar-refractivity contribution in [1.29, 1.82) is 0 Å². The molecule has 0 bridgehead atoms. The van der Waals surface area contributed by atoms with E-state index in [1.807, 2.05) is 58.2 Å². The summed E-state index contributed by atoms with van der Waals surface area (Å²) in [5.41, 5.74) is 6.29. The Labute approximate surface area is 192 Å². The molecule has 0 radical (unpaired) electrons. The second-order valence-corrected chi connectivity index (χ2v) is 8.44. The van der Waals surface area contributed by atoms with Crippen LogP contribution in [0.25, 0.3) is 60.9 Å². The third kappa shape index (κ3) is 2.32. The molecule has 7 heteroatoms. The standard InChI is InChI=1S/C27H16N7/c1-2-5-20-17(4-1)9-12-34-24(20)31-23-15-32(16-29-27(23)34)19-7-8-21-18(14-19)10-13-33-25(21)30-22-6-3-11-28-26(22)33/h1-16H/q+1. The fourth-order valence-corrected chi connectivity index (χ4v) is 4.88. The number of imidazole rings is 2. The Morgan fingerprint density at radius 3 is 2.29 bits per heavy atom. The molecule has 0 atom stereocenters. The van der Waals surface area contributed by atoms with Crippen LogP contribution in [-0.4, -0.2) is 28.7 Å². The number of pyridine rings is 3. The van der Waals surface area contributed by atoms with Gasteiger partial charge in [-0.15, -0.1) is 0 Å². The Morgan fingerprint density at radius 2 is 1.38 bits per heavy atom. The van der Waals surface area contributed by atoms with Crippen LogP contribution in [0.4, 0.5) is 0 Å². The molecule has 0 spiro atoms. The summed E-state index contributed by atoms with van der Waals surface area (Å²) >= 11 is 0. The maximum absolute atomic E-state index is 4.92. The number of rotatable bonds is 1. The van der Waals surface area contributed by atoms with E-state index in [2.05, 4.69) is 51.8 Å². The van der Waals surface area contributed by atoms with Gasteiger partial charge in [-0.05, 0) is 58.2 Å². The van der Waals surface area contributed by atoms with Crippen LogP contribution < -0.4 is 4.57 Å². The van der Waals surface area contributed by atoms with Crippen molar-refractivity contribution in [3.63, 3.8) is 0 Å². The molecule has 6 aromatic heterocycles. The summed E-state index contributed by atoms with van der Waals surface area (Å²) < 4.78 is 6.11. The van der Waals surface area contributed by atoms with Gasteiger partial charge >= 0.3 is 0 Å². The maximum Gasteiger partial charge on any atom is 0.294 e. The number of aromatic nitrogens is 7. The van der Waals surface area contributed by atoms with E-state index in [0.717, 1.165) is 55.5 Å². The van der Waals surface area contributed by atoms with Gasteiger partial charge in [-0.2, -0.15) is 0 Å². The number of hydrogen-bond acceptors (Lipinski definition) is 4. The highest BCUT2D eigenvalue weighted by Gasteiger charge is 2.16. The maximum atomic E-state index is 4.92. The van der Waals surface area contributed by atoms with Crippen LogP contribution in [0.15, 0.2) is 97.8 Å². The van der Waals surface area contributed by atoms with Crippen LogP contribution in [-0.2, 0) is 0 Å². The molecule has 34 heavy (non-hydrogen) atoms. The predicted octanol–water partition coefficient (Wildman–Crippen LogP) is 4.66. The highest BCUT2D eigenvalue weighted by atomic mass is 15.1. The average Bonchev–Trinajstić information content (AvgIpc) is 3.46. The molecule has 0 unspecified atom stereocenters.